The quantitative estimate of drug-likeness (QED) is 0.882. The first-order valence-corrected chi connectivity index (χ1v) is 7.57. The number of aromatic nitrogens is 3. The van der Waals surface area contributed by atoms with E-state index in [-0.39, 0.29) is 6.04 Å². The van der Waals surface area contributed by atoms with E-state index in [1.54, 1.807) is 0 Å². The predicted octanol–water partition coefficient (Wildman–Crippen LogP) is 0.967. The Hall–Kier alpha value is -0.940. The molecule has 3 rings (SSSR count). The van der Waals surface area contributed by atoms with Crippen molar-refractivity contribution in [3.63, 3.8) is 0 Å². The molecule has 2 aliphatic rings. The topological polar surface area (TPSA) is 60.0 Å². The molecule has 0 aromatic carbocycles. The van der Waals surface area contributed by atoms with Gasteiger partial charge in [0.2, 0.25) is 0 Å². The molecule has 0 bridgehead atoms. The maximum absolute atomic E-state index is 5.99. The second kappa shape index (κ2) is 5.21. The Bertz CT molecular complexity index is 439. The second-order valence-electron chi connectivity index (χ2n) is 6.25. The van der Waals surface area contributed by atoms with E-state index in [2.05, 4.69) is 28.5 Å². The molecule has 5 heteroatoms. The summed E-state index contributed by atoms with van der Waals surface area (Å²) in [5, 5.41) is 4.67. The van der Waals surface area contributed by atoms with E-state index in [9.17, 15) is 0 Å². The average molecular weight is 263 g/mol. The highest BCUT2D eigenvalue weighted by molar-refractivity contribution is 5.01. The number of nitrogens with zero attached hydrogens (tertiary/aromatic N) is 4. The fraction of sp³-hybridized carbons (Fsp3) is 0.857. The summed E-state index contributed by atoms with van der Waals surface area (Å²) in [6.45, 7) is 6.72. The Kier molecular flexibility index (Phi) is 3.58. The Morgan fingerprint density at radius 1 is 1.32 bits per heavy atom. The summed E-state index contributed by atoms with van der Waals surface area (Å²) in [4.78, 5) is 7.29. The van der Waals surface area contributed by atoms with Crippen molar-refractivity contribution in [3.8, 4) is 0 Å². The van der Waals surface area contributed by atoms with Crippen molar-refractivity contribution in [3.05, 3.63) is 11.6 Å². The van der Waals surface area contributed by atoms with Crippen LogP contribution in [-0.2, 0) is 19.4 Å². The zero-order valence-corrected chi connectivity index (χ0v) is 12.0. The molecule has 2 unspecified atom stereocenters. The lowest BCUT2D eigenvalue weighted by atomic mass is 10.1. The smallest absolute Gasteiger partial charge is 0.152 e. The second-order valence-corrected chi connectivity index (χ2v) is 6.25. The van der Waals surface area contributed by atoms with Crippen LogP contribution in [0.2, 0.25) is 0 Å². The van der Waals surface area contributed by atoms with Crippen molar-refractivity contribution < 1.29 is 0 Å². The third-order valence-electron chi connectivity index (χ3n) is 4.45. The third kappa shape index (κ3) is 2.67. The molecular weight excluding hydrogens is 238 g/mol. The van der Waals surface area contributed by atoms with Gasteiger partial charge in [-0.25, -0.2) is 9.67 Å². The molecule has 0 saturated carbocycles. The lowest BCUT2D eigenvalue weighted by Gasteiger charge is -2.27. The van der Waals surface area contributed by atoms with Gasteiger partial charge in [-0.2, -0.15) is 5.10 Å². The van der Waals surface area contributed by atoms with Crippen molar-refractivity contribution >= 4 is 0 Å². The van der Waals surface area contributed by atoms with E-state index in [1.807, 2.05) is 0 Å². The van der Waals surface area contributed by atoms with Gasteiger partial charge in [-0.1, -0.05) is 0 Å². The molecule has 106 valence electrons. The Morgan fingerprint density at radius 2 is 2.16 bits per heavy atom. The zero-order valence-electron chi connectivity index (χ0n) is 12.0. The standard InChI is InChI=1S/C14H25N5/c1-10(2)18-6-3-4-12(18)9-13-16-14-8-11(15)5-7-19(14)17-13/h10-12H,3-9,15H2,1-2H3. The molecule has 2 atom stereocenters. The summed E-state index contributed by atoms with van der Waals surface area (Å²) in [6.07, 6.45) is 5.49. The highest BCUT2D eigenvalue weighted by atomic mass is 15.4. The summed E-state index contributed by atoms with van der Waals surface area (Å²) in [5.74, 6) is 2.10. The molecule has 0 radical (unpaired) electrons. The Morgan fingerprint density at radius 3 is 2.95 bits per heavy atom. The van der Waals surface area contributed by atoms with Crippen LogP contribution in [0.25, 0.3) is 0 Å². The molecule has 0 aliphatic carbocycles. The van der Waals surface area contributed by atoms with E-state index in [1.165, 1.54) is 19.4 Å². The van der Waals surface area contributed by atoms with Crippen molar-refractivity contribution in [2.75, 3.05) is 6.54 Å². The summed E-state index contributed by atoms with van der Waals surface area (Å²) >= 11 is 0. The van der Waals surface area contributed by atoms with Crippen LogP contribution < -0.4 is 5.73 Å². The molecule has 1 aromatic rings. The van der Waals surface area contributed by atoms with Gasteiger partial charge in [0, 0.05) is 37.5 Å². The molecule has 19 heavy (non-hydrogen) atoms. The summed E-state index contributed by atoms with van der Waals surface area (Å²) in [7, 11) is 0. The lowest BCUT2D eigenvalue weighted by molar-refractivity contribution is 0.201. The van der Waals surface area contributed by atoms with E-state index >= 15 is 0 Å². The van der Waals surface area contributed by atoms with Crippen molar-refractivity contribution in [2.45, 2.75) is 70.6 Å². The van der Waals surface area contributed by atoms with Gasteiger partial charge in [-0.05, 0) is 39.7 Å². The average Bonchev–Trinajstić information content (AvgIpc) is 2.95. The molecule has 0 amide bonds. The number of likely N-dealkylation sites (tertiary alicyclic amines) is 1. The Balaban J connectivity index is 1.70. The van der Waals surface area contributed by atoms with E-state index in [4.69, 9.17) is 10.7 Å². The molecule has 5 nitrogen and oxygen atoms in total. The van der Waals surface area contributed by atoms with Crippen LogP contribution in [-0.4, -0.2) is 44.3 Å². The summed E-state index contributed by atoms with van der Waals surface area (Å²) in [5.41, 5.74) is 5.99. The van der Waals surface area contributed by atoms with Crippen LogP contribution in [0.3, 0.4) is 0 Å². The van der Waals surface area contributed by atoms with Crippen LogP contribution in [0.4, 0.5) is 0 Å². The van der Waals surface area contributed by atoms with Gasteiger partial charge < -0.3 is 5.73 Å². The first-order chi connectivity index (χ1) is 9.13. The minimum Gasteiger partial charge on any atom is -0.327 e. The van der Waals surface area contributed by atoms with E-state index < -0.39 is 0 Å². The van der Waals surface area contributed by atoms with Gasteiger partial charge >= 0.3 is 0 Å². The van der Waals surface area contributed by atoms with Gasteiger partial charge in [-0.3, -0.25) is 4.90 Å². The fourth-order valence-electron chi connectivity index (χ4n) is 3.44. The molecular formula is C14H25N5. The highest BCUT2D eigenvalue weighted by Gasteiger charge is 2.28. The normalized spacial score (nSPS) is 28.0. The van der Waals surface area contributed by atoms with Crippen LogP contribution in [0.15, 0.2) is 0 Å². The first-order valence-electron chi connectivity index (χ1n) is 7.57. The predicted molar refractivity (Wildman–Crippen MR) is 74.9 cm³/mol. The number of hydrogen-bond donors (Lipinski definition) is 1. The van der Waals surface area contributed by atoms with Crippen LogP contribution in [0, 0.1) is 0 Å². The van der Waals surface area contributed by atoms with Crippen molar-refractivity contribution in [1.29, 1.82) is 0 Å². The van der Waals surface area contributed by atoms with Crippen LogP contribution >= 0.6 is 0 Å². The molecule has 1 saturated heterocycles. The minimum atomic E-state index is 0.267. The molecule has 0 spiro atoms. The van der Waals surface area contributed by atoms with E-state index in [0.717, 1.165) is 37.5 Å². The lowest BCUT2D eigenvalue weighted by Crippen LogP contribution is -2.36. The first kappa shape index (κ1) is 13.1. The molecule has 2 aliphatic heterocycles. The number of hydrogen-bond acceptors (Lipinski definition) is 4. The van der Waals surface area contributed by atoms with Crippen molar-refractivity contribution in [1.82, 2.24) is 19.7 Å². The van der Waals surface area contributed by atoms with Crippen LogP contribution in [0.5, 0.6) is 0 Å². The van der Waals surface area contributed by atoms with Gasteiger partial charge in [0.15, 0.2) is 5.82 Å². The maximum Gasteiger partial charge on any atom is 0.152 e. The van der Waals surface area contributed by atoms with Gasteiger partial charge in [0.1, 0.15) is 5.82 Å². The number of fused-ring (bicyclic) bond motifs is 1. The fourth-order valence-corrected chi connectivity index (χ4v) is 3.44. The summed E-state index contributed by atoms with van der Waals surface area (Å²) < 4.78 is 2.06. The van der Waals surface area contributed by atoms with E-state index in [0.29, 0.717) is 12.1 Å². The van der Waals surface area contributed by atoms with Gasteiger partial charge in [-0.15, -0.1) is 0 Å². The maximum atomic E-state index is 5.99. The largest absolute Gasteiger partial charge is 0.327 e. The van der Waals surface area contributed by atoms with Crippen molar-refractivity contribution in [2.24, 2.45) is 5.73 Å². The molecule has 1 fully saturated rings. The van der Waals surface area contributed by atoms with Gasteiger partial charge in [0.25, 0.3) is 0 Å². The monoisotopic (exact) mass is 263 g/mol. The van der Waals surface area contributed by atoms with Gasteiger partial charge in [0.05, 0.1) is 0 Å². The SMILES string of the molecule is CC(C)N1CCCC1Cc1nc2n(n1)CCC(N)C2. The Labute approximate surface area is 115 Å². The third-order valence-corrected chi connectivity index (χ3v) is 4.45. The molecule has 2 N–H and O–H groups in total. The number of rotatable bonds is 3. The highest BCUT2D eigenvalue weighted by Crippen LogP contribution is 2.23. The van der Waals surface area contributed by atoms with Crippen LogP contribution in [0.1, 0.15) is 44.8 Å². The number of nitrogens with two attached hydrogens (primary N) is 1. The molecule has 1 aromatic heterocycles. The molecule has 3 heterocycles. The minimum absolute atomic E-state index is 0.267. The summed E-state index contributed by atoms with van der Waals surface area (Å²) in [6, 6.07) is 1.51. The number of aryl methyl sites for hydroxylation is 1. The zero-order chi connectivity index (χ0) is 13.4.